The van der Waals surface area contributed by atoms with Gasteiger partial charge < -0.3 is 10.4 Å². The Labute approximate surface area is 159 Å². The first-order valence-electron chi connectivity index (χ1n) is 9.38. The monoisotopic (exact) mass is 365 g/mol. The summed E-state index contributed by atoms with van der Waals surface area (Å²) >= 11 is 0. The van der Waals surface area contributed by atoms with Gasteiger partial charge in [-0.1, -0.05) is 43.2 Å². The van der Waals surface area contributed by atoms with Crippen molar-refractivity contribution in [3.63, 3.8) is 0 Å². The SMILES string of the molecule is O=C(NCC1(CO)CCCCC1)c1ccc(C#Cc2ccccc2F)cc1. The molecule has 0 aliphatic heterocycles. The summed E-state index contributed by atoms with van der Waals surface area (Å²) in [5.41, 5.74) is 1.43. The van der Waals surface area contributed by atoms with Crippen LogP contribution in [-0.2, 0) is 0 Å². The highest BCUT2D eigenvalue weighted by atomic mass is 19.1. The lowest BCUT2D eigenvalue weighted by atomic mass is 9.74. The largest absolute Gasteiger partial charge is 0.396 e. The molecule has 1 amide bonds. The molecule has 1 aliphatic carbocycles. The molecular weight excluding hydrogens is 341 g/mol. The van der Waals surface area contributed by atoms with E-state index in [0.29, 0.717) is 23.2 Å². The van der Waals surface area contributed by atoms with Crippen LogP contribution < -0.4 is 5.32 Å². The van der Waals surface area contributed by atoms with Gasteiger partial charge in [0.1, 0.15) is 5.82 Å². The summed E-state index contributed by atoms with van der Waals surface area (Å²) in [5, 5.41) is 12.7. The predicted molar refractivity (Wildman–Crippen MR) is 104 cm³/mol. The molecule has 0 radical (unpaired) electrons. The topological polar surface area (TPSA) is 49.3 Å². The number of hydrogen-bond acceptors (Lipinski definition) is 2. The predicted octanol–water partition coefficient (Wildman–Crippen LogP) is 3.90. The van der Waals surface area contributed by atoms with Gasteiger partial charge in [0.25, 0.3) is 5.91 Å². The van der Waals surface area contributed by atoms with Crippen LogP contribution in [-0.4, -0.2) is 24.2 Å². The van der Waals surface area contributed by atoms with Gasteiger partial charge in [-0.2, -0.15) is 0 Å². The summed E-state index contributed by atoms with van der Waals surface area (Å²) < 4.78 is 13.6. The number of amides is 1. The highest BCUT2D eigenvalue weighted by Gasteiger charge is 2.31. The van der Waals surface area contributed by atoms with Crippen molar-refractivity contribution in [1.82, 2.24) is 5.32 Å². The third kappa shape index (κ3) is 4.96. The lowest BCUT2D eigenvalue weighted by molar-refractivity contribution is 0.0718. The summed E-state index contributed by atoms with van der Waals surface area (Å²) in [4.78, 5) is 12.4. The van der Waals surface area contributed by atoms with E-state index in [2.05, 4.69) is 17.2 Å². The smallest absolute Gasteiger partial charge is 0.251 e. The molecule has 0 saturated heterocycles. The Morgan fingerprint density at radius 3 is 2.41 bits per heavy atom. The van der Waals surface area contributed by atoms with Crippen LogP contribution in [0, 0.1) is 23.1 Å². The van der Waals surface area contributed by atoms with Crippen molar-refractivity contribution in [3.8, 4) is 11.8 Å². The van der Waals surface area contributed by atoms with E-state index in [1.807, 2.05) is 0 Å². The Bertz CT molecular complexity index is 843. The molecule has 2 N–H and O–H groups in total. The number of carbonyl (C=O) groups is 1. The fourth-order valence-corrected chi connectivity index (χ4v) is 3.47. The summed E-state index contributed by atoms with van der Waals surface area (Å²) in [6.07, 6.45) is 5.31. The van der Waals surface area contributed by atoms with Crippen molar-refractivity contribution in [2.24, 2.45) is 5.41 Å². The van der Waals surface area contributed by atoms with Crippen LogP contribution in [0.3, 0.4) is 0 Å². The zero-order valence-corrected chi connectivity index (χ0v) is 15.3. The Morgan fingerprint density at radius 1 is 1.04 bits per heavy atom. The van der Waals surface area contributed by atoms with E-state index in [-0.39, 0.29) is 23.7 Å². The first kappa shape index (κ1) is 19.1. The standard InChI is InChI=1S/C23H24FNO2/c24-21-7-3-2-6-19(21)11-8-18-9-12-20(13-10-18)22(27)25-16-23(17-26)14-4-1-5-15-23/h2-3,6-7,9-10,12-13,26H,1,4-5,14-17H2,(H,25,27). The van der Waals surface area contributed by atoms with E-state index in [1.54, 1.807) is 42.5 Å². The lowest BCUT2D eigenvalue weighted by Gasteiger charge is -2.35. The molecule has 2 aromatic rings. The lowest BCUT2D eigenvalue weighted by Crippen LogP contribution is -2.41. The molecule has 0 heterocycles. The van der Waals surface area contributed by atoms with Crippen LogP contribution in [0.2, 0.25) is 0 Å². The number of rotatable bonds is 4. The van der Waals surface area contributed by atoms with Crippen molar-refractivity contribution >= 4 is 5.91 Å². The first-order valence-corrected chi connectivity index (χ1v) is 9.38. The molecule has 27 heavy (non-hydrogen) atoms. The Kier molecular flexibility index (Phi) is 6.26. The maximum absolute atomic E-state index is 13.6. The van der Waals surface area contributed by atoms with Gasteiger partial charge in [-0.15, -0.1) is 0 Å². The number of aliphatic hydroxyl groups is 1. The van der Waals surface area contributed by atoms with Crippen molar-refractivity contribution < 1.29 is 14.3 Å². The maximum atomic E-state index is 13.6. The van der Waals surface area contributed by atoms with E-state index >= 15 is 0 Å². The summed E-state index contributed by atoms with van der Waals surface area (Å²) in [6, 6.07) is 13.3. The molecule has 4 heteroatoms. The highest BCUT2D eigenvalue weighted by Crippen LogP contribution is 2.35. The fraction of sp³-hybridized carbons (Fsp3) is 0.348. The van der Waals surface area contributed by atoms with E-state index in [0.717, 1.165) is 25.7 Å². The van der Waals surface area contributed by atoms with Crippen molar-refractivity contribution in [2.75, 3.05) is 13.2 Å². The maximum Gasteiger partial charge on any atom is 0.251 e. The zero-order chi connectivity index (χ0) is 19.1. The Balaban J connectivity index is 1.61. The molecule has 1 saturated carbocycles. The second-order valence-electron chi connectivity index (χ2n) is 7.21. The van der Waals surface area contributed by atoms with Crippen molar-refractivity contribution in [1.29, 1.82) is 0 Å². The molecule has 2 aromatic carbocycles. The Morgan fingerprint density at radius 2 is 1.74 bits per heavy atom. The average molecular weight is 365 g/mol. The van der Waals surface area contributed by atoms with Crippen LogP contribution in [0.5, 0.6) is 0 Å². The minimum absolute atomic E-state index is 0.109. The Hall–Kier alpha value is -2.64. The van der Waals surface area contributed by atoms with Gasteiger partial charge >= 0.3 is 0 Å². The fourth-order valence-electron chi connectivity index (χ4n) is 3.47. The van der Waals surface area contributed by atoms with E-state index in [1.165, 1.54) is 12.5 Å². The van der Waals surface area contributed by atoms with Crippen molar-refractivity contribution in [2.45, 2.75) is 32.1 Å². The molecule has 0 bridgehead atoms. The van der Waals surface area contributed by atoms with Crippen LogP contribution >= 0.6 is 0 Å². The number of carbonyl (C=O) groups excluding carboxylic acids is 1. The van der Waals surface area contributed by atoms with E-state index in [9.17, 15) is 14.3 Å². The molecule has 0 spiro atoms. The van der Waals surface area contributed by atoms with Gasteiger partial charge in [-0.3, -0.25) is 4.79 Å². The molecule has 1 fully saturated rings. The third-order valence-electron chi connectivity index (χ3n) is 5.24. The number of aliphatic hydroxyl groups excluding tert-OH is 1. The molecular formula is C23H24FNO2. The van der Waals surface area contributed by atoms with Crippen LogP contribution in [0.15, 0.2) is 48.5 Å². The molecule has 1 aliphatic rings. The molecule has 3 nitrogen and oxygen atoms in total. The molecule has 0 unspecified atom stereocenters. The summed E-state index contributed by atoms with van der Waals surface area (Å²) in [7, 11) is 0. The van der Waals surface area contributed by atoms with E-state index in [4.69, 9.17) is 0 Å². The quantitative estimate of drug-likeness (QED) is 0.808. The normalized spacial score (nSPS) is 15.5. The van der Waals surface area contributed by atoms with Crippen LogP contribution in [0.1, 0.15) is 53.6 Å². The molecule has 0 aromatic heterocycles. The number of hydrogen-bond donors (Lipinski definition) is 2. The van der Waals surface area contributed by atoms with Crippen LogP contribution in [0.25, 0.3) is 0 Å². The summed E-state index contributed by atoms with van der Waals surface area (Å²) in [6.45, 7) is 0.606. The van der Waals surface area contributed by atoms with Gasteiger partial charge in [-0.05, 0) is 49.2 Å². The number of benzene rings is 2. The number of nitrogens with one attached hydrogen (secondary N) is 1. The minimum Gasteiger partial charge on any atom is -0.396 e. The summed E-state index contributed by atoms with van der Waals surface area (Å²) in [5.74, 6) is 5.22. The van der Waals surface area contributed by atoms with Crippen molar-refractivity contribution in [3.05, 3.63) is 71.0 Å². The van der Waals surface area contributed by atoms with Gasteiger partial charge in [0.15, 0.2) is 0 Å². The minimum atomic E-state index is -0.346. The molecule has 0 atom stereocenters. The molecule has 3 rings (SSSR count). The highest BCUT2D eigenvalue weighted by molar-refractivity contribution is 5.94. The van der Waals surface area contributed by atoms with Crippen LogP contribution in [0.4, 0.5) is 4.39 Å². The van der Waals surface area contributed by atoms with Gasteiger partial charge in [0.05, 0.1) is 12.2 Å². The van der Waals surface area contributed by atoms with Gasteiger partial charge in [-0.25, -0.2) is 4.39 Å². The third-order valence-corrected chi connectivity index (χ3v) is 5.24. The first-order chi connectivity index (χ1) is 13.1. The second-order valence-corrected chi connectivity index (χ2v) is 7.21. The van der Waals surface area contributed by atoms with Gasteiger partial charge in [0.2, 0.25) is 0 Å². The average Bonchev–Trinajstić information content (AvgIpc) is 2.72. The second kappa shape index (κ2) is 8.83. The molecule has 140 valence electrons. The number of halogens is 1. The zero-order valence-electron chi connectivity index (χ0n) is 15.3. The van der Waals surface area contributed by atoms with E-state index < -0.39 is 0 Å². The van der Waals surface area contributed by atoms with Gasteiger partial charge in [0, 0.05) is 23.1 Å².